The number of piperazine rings is 1. The van der Waals surface area contributed by atoms with Crippen molar-refractivity contribution in [1.82, 2.24) is 10.2 Å². The number of nitrogens with one attached hydrogen (secondary N) is 1. The van der Waals surface area contributed by atoms with Crippen LogP contribution in [0.25, 0.3) is 0 Å². The quantitative estimate of drug-likeness (QED) is 0.853. The van der Waals surface area contributed by atoms with Gasteiger partial charge >= 0.3 is 6.18 Å². The molecule has 1 aliphatic heterocycles. The van der Waals surface area contributed by atoms with E-state index >= 15 is 0 Å². The maximum Gasteiger partial charge on any atom is 0.401 e. The highest BCUT2D eigenvalue weighted by Gasteiger charge is 2.49. The van der Waals surface area contributed by atoms with Crippen LogP contribution in [0.1, 0.15) is 58.8 Å². The SMILES string of the molecule is CCC1(CC)CNC2(CCCCC2)CN1CC(F)(F)F. The molecular formula is C15H27F3N2. The van der Waals surface area contributed by atoms with E-state index in [9.17, 15) is 13.2 Å². The van der Waals surface area contributed by atoms with Gasteiger partial charge in [-0.1, -0.05) is 33.1 Å². The summed E-state index contributed by atoms with van der Waals surface area (Å²) in [6.07, 6.45) is 2.95. The van der Waals surface area contributed by atoms with Crippen molar-refractivity contribution >= 4 is 0 Å². The first-order valence-electron chi connectivity index (χ1n) is 7.92. The molecule has 2 aliphatic rings. The Hall–Kier alpha value is -0.290. The molecule has 20 heavy (non-hydrogen) atoms. The molecule has 1 spiro atoms. The summed E-state index contributed by atoms with van der Waals surface area (Å²) in [5.41, 5.74) is -0.407. The minimum Gasteiger partial charge on any atom is -0.308 e. The highest BCUT2D eigenvalue weighted by atomic mass is 19.4. The summed E-state index contributed by atoms with van der Waals surface area (Å²) in [5, 5.41) is 3.63. The van der Waals surface area contributed by atoms with Crippen LogP contribution in [0.2, 0.25) is 0 Å². The third kappa shape index (κ3) is 3.30. The number of rotatable bonds is 3. The molecule has 1 saturated heterocycles. The summed E-state index contributed by atoms with van der Waals surface area (Å²) >= 11 is 0. The van der Waals surface area contributed by atoms with E-state index in [1.807, 2.05) is 13.8 Å². The summed E-state index contributed by atoms with van der Waals surface area (Å²) < 4.78 is 38.8. The van der Waals surface area contributed by atoms with Gasteiger partial charge in [0.1, 0.15) is 0 Å². The van der Waals surface area contributed by atoms with Crippen LogP contribution in [0.15, 0.2) is 0 Å². The zero-order chi connectivity index (χ0) is 14.9. The summed E-state index contributed by atoms with van der Waals surface area (Å²) in [4.78, 5) is 1.73. The van der Waals surface area contributed by atoms with Crippen LogP contribution in [0.4, 0.5) is 13.2 Å². The predicted molar refractivity (Wildman–Crippen MR) is 74.8 cm³/mol. The van der Waals surface area contributed by atoms with Crippen molar-refractivity contribution in [2.24, 2.45) is 0 Å². The number of alkyl halides is 3. The molecule has 1 saturated carbocycles. The Bertz CT molecular complexity index is 318. The van der Waals surface area contributed by atoms with Crippen molar-refractivity contribution in [2.45, 2.75) is 76.0 Å². The molecule has 0 aromatic carbocycles. The highest BCUT2D eigenvalue weighted by molar-refractivity contribution is 5.05. The van der Waals surface area contributed by atoms with Crippen LogP contribution in [-0.2, 0) is 0 Å². The lowest BCUT2D eigenvalue weighted by Crippen LogP contribution is -2.71. The van der Waals surface area contributed by atoms with E-state index in [0.717, 1.165) is 38.5 Å². The molecule has 1 aliphatic carbocycles. The molecule has 5 heteroatoms. The fraction of sp³-hybridized carbons (Fsp3) is 1.00. The summed E-state index contributed by atoms with van der Waals surface area (Å²) in [6.45, 7) is 4.49. The van der Waals surface area contributed by atoms with Crippen molar-refractivity contribution in [3.63, 3.8) is 0 Å². The number of hydrogen-bond acceptors (Lipinski definition) is 2. The monoisotopic (exact) mass is 292 g/mol. The fourth-order valence-electron chi connectivity index (χ4n) is 4.00. The van der Waals surface area contributed by atoms with Gasteiger partial charge in [-0.2, -0.15) is 13.2 Å². The minimum absolute atomic E-state index is 0.0721. The standard InChI is InChI=1S/C15H27F3N2/c1-3-14(4-2)10-19-13(8-6-5-7-9-13)11-20(14)12-15(16,17)18/h19H,3-12H2,1-2H3. The Labute approximate surface area is 120 Å². The van der Waals surface area contributed by atoms with Gasteiger partial charge in [0.25, 0.3) is 0 Å². The average Bonchev–Trinajstić information content (AvgIpc) is 2.39. The normalized spacial score (nSPS) is 26.9. The lowest BCUT2D eigenvalue weighted by molar-refractivity contribution is -0.170. The van der Waals surface area contributed by atoms with Gasteiger partial charge in [-0.25, -0.2) is 0 Å². The minimum atomic E-state index is -4.11. The fourth-order valence-corrected chi connectivity index (χ4v) is 4.00. The summed E-state index contributed by atoms with van der Waals surface area (Å²) in [6, 6.07) is 0. The maximum absolute atomic E-state index is 12.9. The first-order valence-corrected chi connectivity index (χ1v) is 7.92. The zero-order valence-corrected chi connectivity index (χ0v) is 12.7. The van der Waals surface area contributed by atoms with Gasteiger partial charge in [0, 0.05) is 24.2 Å². The van der Waals surface area contributed by atoms with Gasteiger partial charge in [0.2, 0.25) is 0 Å². The lowest BCUT2D eigenvalue weighted by atomic mass is 9.76. The molecule has 0 aromatic rings. The van der Waals surface area contributed by atoms with Crippen LogP contribution in [0.3, 0.4) is 0 Å². The number of hydrogen-bond donors (Lipinski definition) is 1. The molecule has 2 fully saturated rings. The second-order valence-corrected chi connectivity index (χ2v) is 6.60. The summed E-state index contributed by atoms with van der Waals surface area (Å²) in [5.74, 6) is 0. The van der Waals surface area contributed by atoms with E-state index < -0.39 is 12.7 Å². The van der Waals surface area contributed by atoms with E-state index in [1.54, 1.807) is 4.90 Å². The molecule has 0 atom stereocenters. The highest BCUT2D eigenvalue weighted by Crippen LogP contribution is 2.38. The van der Waals surface area contributed by atoms with Crippen LogP contribution in [-0.4, -0.2) is 41.8 Å². The van der Waals surface area contributed by atoms with Crippen LogP contribution < -0.4 is 5.32 Å². The molecule has 0 amide bonds. The Kier molecular flexibility index (Phi) is 4.69. The molecular weight excluding hydrogens is 265 g/mol. The van der Waals surface area contributed by atoms with Crippen LogP contribution in [0, 0.1) is 0 Å². The van der Waals surface area contributed by atoms with Gasteiger partial charge in [0.05, 0.1) is 6.54 Å². The molecule has 2 nitrogen and oxygen atoms in total. The zero-order valence-electron chi connectivity index (χ0n) is 12.7. The summed E-state index contributed by atoms with van der Waals surface area (Å²) in [7, 11) is 0. The molecule has 1 N–H and O–H groups in total. The van der Waals surface area contributed by atoms with Crippen LogP contribution >= 0.6 is 0 Å². The molecule has 0 radical (unpaired) electrons. The smallest absolute Gasteiger partial charge is 0.308 e. The van der Waals surface area contributed by atoms with E-state index in [-0.39, 0.29) is 11.1 Å². The Morgan fingerprint density at radius 2 is 1.65 bits per heavy atom. The second kappa shape index (κ2) is 5.84. The van der Waals surface area contributed by atoms with Gasteiger partial charge < -0.3 is 5.32 Å². The van der Waals surface area contributed by atoms with Crippen LogP contribution in [0.5, 0.6) is 0 Å². The average molecular weight is 292 g/mol. The maximum atomic E-state index is 12.9. The van der Waals surface area contributed by atoms with E-state index in [2.05, 4.69) is 5.32 Å². The predicted octanol–water partition coefficient (Wildman–Crippen LogP) is 3.72. The third-order valence-electron chi connectivity index (χ3n) is 5.45. The molecule has 0 unspecified atom stereocenters. The van der Waals surface area contributed by atoms with Crippen molar-refractivity contribution in [2.75, 3.05) is 19.6 Å². The Morgan fingerprint density at radius 1 is 1.05 bits per heavy atom. The molecule has 2 rings (SSSR count). The Balaban J connectivity index is 2.18. The van der Waals surface area contributed by atoms with Crippen molar-refractivity contribution in [1.29, 1.82) is 0 Å². The van der Waals surface area contributed by atoms with Crippen molar-refractivity contribution in [3.05, 3.63) is 0 Å². The van der Waals surface area contributed by atoms with Crippen molar-refractivity contribution < 1.29 is 13.2 Å². The topological polar surface area (TPSA) is 15.3 Å². The second-order valence-electron chi connectivity index (χ2n) is 6.60. The van der Waals surface area contributed by atoms with E-state index in [4.69, 9.17) is 0 Å². The van der Waals surface area contributed by atoms with E-state index in [0.29, 0.717) is 13.1 Å². The van der Waals surface area contributed by atoms with Gasteiger partial charge in [0.15, 0.2) is 0 Å². The third-order valence-corrected chi connectivity index (χ3v) is 5.45. The largest absolute Gasteiger partial charge is 0.401 e. The van der Waals surface area contributed by atoms with Gasteiger partial charge in [-0.05, 0) is 25.7 Å². The molecule has 118 valence electrons. The van der Waals surface area contributed by atoms with Crippen molar-refractivity contribution in [3.8, 4) is 0 Å². The van der Waals surface area contributed by atoms with E-state index in [1.165, 1.54) is 6.42 Å². The number of nitrogens with zero attached hydrogens (tertiary/aromatic N) is 1. The number of halogens is 3. The first kappa shape index (κ1) is 16.1. The molecule has 1 heterocycles. The van der Waals surface area contributed by atoms with Gasteiger partial charge in [-0.3, -0.25) is 4.90 Å². The Morgan fingerprint density at radius 3 is 2.15 bits per heavy atom. The lowest BCUT2D eigenvalue weighted by Gasteiger charge is -2.55. The first-order chi connectivity index (χ1) is 9.35. The molecule has 0 aromatic heterocycles. The molecule has 0 bridgehead atoms. The van der Waals surface area contributed by atoms with Gasteiger partial charge in [-0.15, -0.1) is 0 Å².